The Bertz CT molecular complexity index is 1140. The first-order valence-electron chi connectivity index (χ1n) is 13.2. The lowest BCUT2D eigenvalue weighted by Crippen LogP contribution is -2.53. The van der Waals surface area contributed by atoms with Gasteiger partial charge in [0.1, 0.15) is 11.8 Å². The van der Waals surface area contributed by atoms with Crippen molar-refractivity contribution < 1.29 is 14.3 Å². The van der Waals surface area contributed by atoms with Crippen LogP contribution in [-0.4, -0.2) is 35.4 Å². The first-order valence-corrected chi connectivity index (χ1v) is 13.2. The average molecular weight is 501 g/mol. The van der Waals surface area contributed by atoms with Crippen LogP contribution in [0.15, 0.2) is 78.9 Å². The number of rotatable bonds is 12. The van der Waals surface area contributed by atoms with Crippen molar-refractivity contribution in [2.75, 3.05) is 6.61 Å². The van der Waals surface area contributed by atoms with Crippen LogP contribution in [-0.2, 0) is 22.6 Å². The molecule has 5 nitrogen and oxygen atoms in total. The molecule has 0 spiro atoms. The molecular weight excluding hydrogens is 460 g/mol. The van der Waals surface area contributed by atoms with E-state index < -0.39 is 6.04 Å². The van der Waals surface area contributed by atoms with Crippen molar-refractivity contribution in [3.63, 3.8) is 0 Å². The van der Waals surface area contributed by atoms with E-state index in [9.17, 15) is 9.59 Å². The van der Waals surface area contributed by atoms with Crippen molar-refractivity contribution in [2.24, 2.45) is 0 Å². The van der Waals surface area contributed by atoms with Crippen molar-refractivity contribution in [3.8, 4) is 5.75 Å². The summed E-state index contributed by atoms with van der Waals surface area (Å²) in [6.45, 7) is 10.4. The highest BCUT2D eigenvalue weighted by molar-refractivity contribution is 5.88. The molecule has 3 rings (SSSR count). The Morgan fingerprint density at radius 2 is 1.51 bits per heavy atom. The quantitative estimate of drug-likeness (QED) is 0.329. The molecule has 0 aromatic heterocycles. The van der Waals surface area contributed by atoms with E-state index in [1.54, 1.807) is 4.90 Å². The van der Waals surface area contributed by atoms with E-state index in [1.165, 1.54) is 0 Å². The second kappa shape index (κ2) is 13.6. The van der Waals surface area contributed by atoms with Crippen LogP contribution in [0.25, 0.3) is 0 Å². The molecule has 3 aromatic rings. The average Bonchev–Trinajstić information content (AvgIpc) is 2.90. The molecular formula is C32H40N2O3. The molecule has 0 saturated heterocycles. The monoisotopic (exact) mass is 500 g/mol. The van der Waals surface area contributed by atoms with Crippen LogP contribution in [0.5, 0.6) is 5.75 Å². The van der Waals surface area contributed by atoms with Crippen molar-refractivity contribution in [2.45, 2.75) is 72.0 Å². The molecule has 0 heterocycles. The Kier molecular flexibility index (Phi) is 10.3. The van der Waals surface area contributed by atoms with Gasteiger partial charge < -0.3 is 15.0 Å². The number of ether oxygens (including phenoxy) is 1. The summed E-state index contributed by atoms with van der Waals surface area (Å²) in [4.78, 5) is 29.0. The molecule has 0 radical (unpaired) electrons. The van der Waals surface area contributed by atoms with E-state index >= 15 is 0 Å². The molecule has 0 bridgehead atoms. The number of carbonyl (C=O) groups is 2. The van der Waals surface area contributed by atoms with E-state index in [0.29, 0.717) is 18.7 Å². The van der Waals surface area contributed by atoms with Gasteiger partial charge in [-0.3, -0.25) is 9.59 Å². The fourth-order valence-corrected chi connectivity index (χ4v) is 4.20. The molecule has 0 saturated carbocycles. The van der Waals surface area contributed by atoms with Crippen LogP contribution in [0.3, 0.4) is 0 Å². The lowest BCUT2D eigenvalue weighted by Gasteiger charge is -2.32. The maximum absolute atomic E-state index is 13.8. The van der Waals surface area contributed by atoms with E-state index in [1.807, 2.05) is 99.6 Å². The van der Waals surface area contributed by atoms with Gasteiger partial charge in [0, 0.05) is 19.0 Å². The summed E-state index contributed by atoms with van der Waals surface area (Å²) in [5.41, 5.74) is 4.16. The molecule has 2 atom stereocenters. The summed E-state index contributed by atoms with van der Waals surface area (Å²) in [5, 5.41) is 3.10. The highest BCUT2D eigenvalue weighted by Gasteiger charge is 2.31. The largest absolute Gasteiger partial charge is 0.483 e. The zero-order valence-electron chi connectivity index (χ0n) is 22.7. The van der Waals surface area contributed by atoms with Gasteiger partial charge >= 0.3 is 0 Å². The molecule has 0 aliphatic carbocycles. The molecule has 196 valence electrons. The maximum atomic E-state index is 13.8. The zero-order chi connectivity index (χ0) is 26.8. The topological polar surface area (TPSA) is 58.6 Å². The third-order valence-electron chi connectivity index (χ3n) is 6.64. The Morgan fingerprint density at radius 3 is 2.16 bits per heavy atom. The van der Waals surface area contributed by atoms with Gasteiger partial charge in [-0.15, -0.1) is 0 Å². The first kappa shape index (κ1) is 28.0. The van der Waals surface area contributed by atoms with Crippen molar-refractivity contribution in [1.82, 2.24) is 10.2 Å². The van der Waals surface area contributed by atoms with Crippen molar-refractivity contribution >= 4 is 11.8 Å². The molecule has 0 fully saturated rings. The van der Waals surface area contributed by atoms with E-state index in [0.717, 1.165) is 28.7 Å². The predicted molar refractivity (Wildman–Crippen MR) is 150 cm³/mol. The number of aryl methyl sites for hydroxylation is 1. The van der Waals surface area contributed by atoms with Gasteiger partial charge in [-0.05, 0) is 48.9 Å². The number of carbonyl (C=O) groups excluding carboxylic acids is 2. The van der Waals surface area contributed by atoms with E-state index in [4.69, 9.17) is 4.74 Å². The van der Waals surface area contributed by atoms with Gasteiger partial charge in [-0.2, -0.15) is 0 Å². The third-order valence-corrected chi connectivity index (χ3v) is 6.64. The molecule has 2 amide bonds. The summed E-state index contributed by atoms with van der Waals surface area (Å²) in [6.07, 6.45) is 1.23. The number of hydrogen-bond donors (Lipinski definition) is 1. The third kappa shape index (κ3) is 8.21. The van der Waals surface area contributed by atoms with Crippen LogP contribution in [0.1, 0.15) is 62.3 Å². The number of nitrogens with one attached hydrogen (secondary N) is 1. The molecule has 5 heteroatoms. The molecule has 37 heavy (non-hydrogen) atoms. The summed E-state index contributed by atoms with van der Waals surface area (Å²) in [6, 6.07) is 25.1. The lowest BCUT2D eigenvalue weighted by atomic mass is 10.0. The van der Waals surface area contributed by atoms with Crippen LogP contribution in [0.2, 0.25) is 0 Å². The highest BCUT2D eigenvalue weighted by Crippen LogP contribution is 2.26. The minimum atomic E-state index is -0.672. The molecule has 0 aliphatic rings. The zero-order valence-corrected chi connectivity index (χ0v) is 22.7. The lowest BCUT2D eigenvalue weighted by molar-refractivity contribution is -0.143. The minimum Gasteiger partial charge on any atom is -0.483 e. The molecule has 0 unspecified atom stereocenters. The van der Waals surface area contributed by atoms with Crippen LogP contribution >= 0.6 is 0 Å². The van der Waals surface area contributed by atoms with Crippen LogP contribution in [0.4, 0.5) is 0 Å². The number of benzene rings is 3. The molecule has 1 N–H and O–H groups in total. The van der Waals surface area contributed by atoms with Gasteiger partial charge in [-0.1, -0.05) is 99.1 Å². The van der Waals surface area contributed by atoms with Crippen molar-refractivity contribution in [1.29, 1.82) is 0 Å². The van der Waals surface area contributed by atoms with Crippen molar-refractivity contribution in [3.05, 3.63) is 101 Å². The number of nitrogens with zero attached hydrogens (tertiary/aromatic N) is 1. The second-order valence-electron chi connectivity index (χ2n) is 10.0. The Hall–Kier alpha value is -3.60. The predicted octanol–water partition coefficient (Wildman–Crippen LogP) is 6.05. The maximum Gasteiger partial charge on any atom is 0.261 e. The number of amides is 2. The Balaban J connectivity index is 1.93. The fourth-order valence-electron chi connectivity index (χ4n) is 4.20. The smallest absolute Gasteiger partial charge is 0.261 e. The first-order chi connectivity index (χ1) is 17.8. The van der Waals surface area contributed by atoms with Crippen LogP contribution < -0.4 is 10.1 Å². The number of hydrogen-bond acceptors (Lipinski definition) is 3. The standard InChI is InChI=1S/C32H40N2O3/c1-6-25(5)33-32(36)29(20-26-12-8-7-9-13-26)34(21-27-18-16-24(4)17-19-27)31(35)22-37-30-15-11-10-14-28(30)23(2)3/h7-19,23,25,29H,6,20-22H2,1-5H3,(H,33,36)/t25-,29+/m1/s1. The summed E-state index contributed by atoms with van der Waals surface area (Å²) >= 11 is 0. The SMILES string of the molecule is CC[C@@H](C)NC(=O)[C@H](Cc1ccccc1)N(Cc1ccc(C)cc1)C(=O)COc1ccccc1C(C)C. The van der Waals surface area contributed by atoms with Gasteiger partial charge in [0.05, 0.1) is 0 Å². The highest BCUT2D eigenvalue weighted by atomic mass is 16.5. The Labute approximate surface area is 221 Å². The van der Waals surface area contributed by atoms with Gasteiger partial charge in [0.2, 0.25) is 5.91 Å². The summed E-state index contributed by atoms with van der Waals surface area (Å²) < 4.78 is 6.06. The minimum absolute atomic E-state index is 0.0104. The fraction of sp³-hybridized carbons (Fsp3) is 0.375. The van der Waals surface area contributed by atoms with Crippen LogP contribution in [0, 0.1) is 6.92 Å². The van der Waals surface area contributed by atoms with Gasteiger partial charge in [-0.25, -0.2) is 0 Å². The normalized spacial score (nSPS) is 12.6. The summed E-state index contributed by atoms with van der Waals surface area (Å²) in [5.74, 6) is 0.590. The second-order valence-corrected chi connectivity index (χ2v) is 10.0. The van der Waals surface area contributed by atoms with E-state index in [2.05, 4.69) is 19.2 Å². The van der Waals surface area contributed by atoms with E-state index in [-0.39, 0.29) is 30.4 Å². The van der Waals surface area contributed by atoms with Gasteiger partial charge in [0.25, 0.3) is 5.91 Å². The Morgan fingerprint density at radius 1 is 0.865 bits per heavy atom. The molecule has 3 aromatic carbocycles. The number of para-hydroxylation sites is 1. The summed E-state index contributed by atoms with van der Waals surface area (Å²) in [7, 11) is 0. The van der Waals surface area contributed by atoms with Gasteiger partial charge in [0.15, 0.2) is 6.61 Å². The molecule has 0 aliphatic heterocycles.